The molecule has 0 aliphatic carbocycles. The Balaban J connectivity index is 1.24. The van der Waals surface area contributed by atoms with Gasteiger partial charge in [0.2, 0.25) is 5.88 Å². The van der Waals surface area contributed by atoms with Gasteiger partial charge in [-0.15, -0.1) is 5.10 Å². The number of hydrogen-bond acceptors (Lipinski definition) is 6. The fraction of sp³-hybridized carbons (Fsp3) is 0.167. The smallest absolute Gasteiger partial charge is 0.335 e. The first kappa shape index (κ1) is 26.7. The molecule has 3 aromatic carbocycles. The van der Waals surface area contributed by atoms with E-state index in [9.17, 15) is 14.3 Å². The van der Waals surface area contributed by atoms with Crippen LogP contribution in [-0.2, 0) is 17.8 Å². The van der Waals surface area contributed by atoms with Crippen molar-refractivity contribution in [3.05, 3.63) is 106 Å². The summed E-state index contributed by atoms with van der Waals surface area (Å²) >= 11 is 5.80. The Bertz CT molecular complexity index is 1770. The van der Waals surface area contributed by atoms with E-state index in [1.165, 1.54) is 41.2 Å². The van der Waals surface area contributed by atoms with E-state index in [4.69, 9.17) is 25.9 Å². The number of rotatable bonds is 9. The Morgan fingerprint density at radius 3 is 2.66 bits per heavy atom. The molecule has 8 nitrogen and oxygen atoms in total. The third-order valence-corrected chi connectivity index (χ3v) is 6.96. The maximum absolute atomic E-state index is 15.3. The van der Waals surface area contributed by atoms with E-state index in [2.05, 4.69) is 10.1 Å². The summed E-state index contributed by atoms with van der Waals surface area (Å²) < 4.78 is 40.6. The monoisotopic (exact) mass is 577 g/mol. The maximum Gasteiger partial charge on any atom is 0.335 e. The standard InChI is InChI=1S/C30H22ClF2N3O5/c31-20-7-4-19(23(32)14-20)16-40-29-3-1-2-25(34-29)17-6-9-28(24(33)13-17)41-36-27(15-21-10-11-39-21)22-12-18(30(37)38)5-8-26(22)35-36/h1-9,12-14,21H,10-11,15-16H2,(H,37,38). The van der Waals surface area contributed by atoms with Crippen molar-refractivity contribution in [3.8, 4) is 22.9 Å². The van der Waals surface area contributed by atoms with Gasteiger partial charge in [0.05, 0.1) is 28.6 Å². The van der Waals surface area contributed by atoms with Crippen molar-refractivity contribution in [1.82, 2.24) is 14.9 Å². The van der Waals surface area contributed by atoms with E-state index in [1.807, 2.05) is 0 Å². The summed E-state index contributed by atoms with van der Waals surface area (Å²) in [5.41, 5.74) is 2.44. The summed E-state index contributed by atoms with van der Waals surface area (Å²) in [7, 11) is 0. The largest absolute Gasteiger partial charge is 0.478 e. The molecule has 1 aliphatic rings. The Morgan fingerprint density at radius 1 is 1.07 bits per heavy atom. The van der Waals surface area contributed by atoms with Crippen LogP contribution in [0.2, 0.25) is 5.02 Å². The number of aromatic carboxylic acids is 1. The predicted octanol–water partition coefficient (Wildman–Crippen LogP) is 6.48. The lowest BCUT2D eigenvalue weighted by molar-refractivity contribution is -0.0516. The Hall–Kier alpha value is -4.54. The maximum atomic E-state index is 15.3. The number of ether oxygens (including phenoxy) is 2. The molecule has 1 atom stereocenters. The molecule has 0 amide bonds. The van der Waals surface area contributed by atoms with Crippen LogP contribution in [0.25, 0.3) is 22.2 Å². The van der Waals surface area contributed by atoms with Gasteiger partial charge in [-0.25, -0.2) is 18.6 Å². The molecule has 208 valence electrons. The van der Waals surface area contributed by atoms with Crippen LogP contribution in [0.5, 0.6) is 11.6 Å². The molecule has 2 aromatic heterocycles. The minimum Gasteiger partial charge on any atom is -0.478 e. The van der Waals surface area contributed by atoms with Gasteiger partial charge >= 0.3 is 5.97 Å². The van der Waals surface area contributed by atoms with Crippen LogP contribution in [0.3, 0.4) is 0 Å². The predicted molar refractivity (Wildman–Crippen MR) is 146 cm³/mol. The normalized spacial score (nSPS) is 14.6. The molecule has 0 bridgehead atoms. The van der Waals surface area contributed by atoms with Crippen LogP contribution < -0.4 is 9.57 Å². The first-order valence-corrected chi connectivity index (χ1v) is 13.1. The van der Waals surface area contributed by atoms with Crippen LogP contribution >= 0.6 is 11.6 Å². The number of carboxylic acids is 1. The molecule has 5 aromatic rings. The second kappa shape index (κ2) is 11.1. The van der Waals surface area contributed by atoms with Gasteiger partial charge in [0.25, 0.3) is 0 Å². The number of hydrogen-bond donors (Lipinski definition) is 1. The zero-order valence-electron chi connectivity index (χ0n) is 21.4. The molecule has 1 unspecified atom stereocenters. The molecule has 1 aliphatic heterocycles. The Morgan fingerprint density at radius 2 is 1.93 bits per heavy atom. The first-order chi connectivity index (χ1) is 19.8. The van der Waals surface area contributed by atoms with Gasteiger partial charge in [-0.1, -0.05) is 28.6 Å². The van der Waals surface area contributed by atoms with Crippen molar-refractivity contribution in [3.63, 3.8) is 0 Å². The van der Waals surface area contributed by atoms with Crippen molar-refractivity contribution in [2.45, 2.75) is 25.6 Å². The lowest BCUT2D eigenvalue weighted by Crippen LogP contribution is -2.30. The molecule has 0 spiro atoms. The summed E-state index contributed by atoms with van der Waals surface area (Å²) in [6, 6.07) is 18.3. The number of fused-ring (bicyclic) bond motifs is 1. The molecule has 0 saturated carbocycles. The van der Waals surface area contributed by atoms with Gasteiger partial charge in [0.1, 0.15) is 12.4 Å². The fourth-order valence-corrected chi connectivity index (χ4v) is 4.61. The number of aromatic nitrogens is 3. The van der Waals surface area contributed by atoms with Crippen molar-refractivity contribution in [1.29, 1.82) is 0 Å². The highest BCUT2D eigenvalue weighted by atomic mass is 35.5. The van der Waals surface area contributed by atoms with E-state index in [0.717, 1.165) is 6.42 Å². The molecule has 1 saturated heterocycles. The van der Waals surface area contributed by atoms with Gasteiger partial charge in [0, 0.05) is 40.6 Å². The molecular weight excluding hydrogens is 556 g/mol. The molecular formula is C30H22ClF2N3O5. The lowest BCUT2D eigenvalue weighted by Gasteiger charge is -2.26. The third-order valence-electron chi connectivity index (χ3n) is 6.72. The van der Waals surface area contributed by atoms with Crippen LogP contribution in [-0.4, -0.2) is 38.7 Å². The van der Waals surface area contributed by atoms with Crippen molar-refractivity contribution in [2.75, 3.05) is 6.61 Å². The number of halogens is 3. The number of benzene rings is 3. The topological polar surface area (TPSA) is 95.7 Å². The summed E-state index contributed by atoms with van der Waals surface area (Å²) in [6.45, 7) is 0.591. The molecule has 6 rings (SSSR count). The highest BCUT2D eigenvalue weighted by molar-refractivity contribution is 6.30. The highest BCUT2D eigenvalue weighted by Gasteiger charge is 2.25. The fourth-order valence-electron chi connectivity index (χ4n) is 4.45. The summed E-state index contributed by atoms with van der Waals surface area (Å²) in [4.78, 5) is 23.0. The number of nitrogens with zero attached hydrogens (tertiary/aromatic N) is 3. The van der Waals surface area contributed by atoms with E-state index >= 15 is 4.39 Å². The van der Waals surface area contributed by atoms with E-state index in [1.54, 1.807) is 36.4 Å². The van der Waals surface area contributed by atoms with Crippen molar-refractivity contribution < 1.29 is 33.0 Å². The number of pyridine rings is 1. The molecule has 3 heterocycles. The lowest BCUT2D eigenvalue weighted by atomic mass is 10.0. The zero-order valence-corrected chi connectivity index (χ0v) is 22.1. The van der Waals surface area contributed by atoms with Gasteiger partial charge in [0.15, 0.2) is 11.6 Å². The molecule has 41 heavy (non-hydrogen) atoms. The molecule has 1 N–H and O–H groups in total. The van der Waals surface area contributed by atoms with Crippen LogP contribution in [0.15, 0.2) is 72.8 Å². The minimum absolute atomic E-state index is 0.0546. The van der Waals surface area contributed by atoms with Gasteiger partial charge in [-0.3, -0.25) is 0 Å². The van der Waals surface area contributed by atoms with E-state index in [0.29, 0.717) is 46.4 Å². The summed E-state index contributed by atoms with van der Waals surface area (Å²) in [5.74, 6) is -2.04. The number of carboxylic acid groups (broad SMARTS) is 1. The average Bonchev–Trinajstić information content (AvgIpc) is 3.27. The van der Waals surface area contributed by atoms with Gasteiger partial charge in [-0.05, 0) is 61.0 Å². The summed E-state index contributed by atoms with van der Waals surface area (Å²) in [5, 5.41) is 14.7. The van der Waals surface area contributed by atoms with Crippen LogP contribution in [0, 0.1) is 11.6 Å². The Labute approximate surface area is 237 Å². The second-order valence-corrected chi connectivity index (χ2v) is 9.90. The zero-order chi connectivity index (χ0) is 28.5. The molecule has 11 heteroatoms. The first-order valence-electron chi connectivity index (χ1n) is 12.7. The minimum atomic E-state index is -1.06. The van der Waals surface area contributed by atoms with E-state index in [-0.39, 0.29) is 34.9 Å². The van der Waals surface area contributed by atoms with Crippen LogP contribution in [0.1, 0.15) is 28.0 Å². The van der Waals surface area contributed by atoms with E-state index < -0.39 is 17.6 Å². The average molecular weight is 578 g/mol. The third kappa shape index (κ3) is 5.70. The van der Waals surface area contributed by atoms with Crippen molar-refractivity contribution in [2.24, 2.45) is 0 Å². The second-order valence-electron chi connectivity index (χ2n) is 9.46. The SMILES string of the molecule is O=C(O)c1ccc2nn(Oc3ccc(-c4cccc(OCc5ccc(Cl)cc5F)n4)cc3F)c(CC3CCO3)c2c1. The van der Waals surface area contributed by atoms with Gasteiger partial charge in [-0.2, -0.15) is 0 Å². The molecule has 0 radical (unpaired) electrons. The van der Waals surface area contributed by atoms with Crippen molar-refractivity contribution >= 4 is 28.5 Å². The Kier molecular flexibility index (Phi) is 7.25. The highest BCUT2D eigenvalue weighted by Crippen LogP contribution is 2.29. The molecule has 1 fully saturated rings. The van der Waals surface area contributed by atoms with Gasteiger partial charge < -0.3 is 19.4 Å². The quantitative estimate of drug-likeness (QED) is 0.214. The summed E-state index contributed by atoms with van der Waals surface area (Å²) in [6.07, 6.45) is 1.21. The number of carbonyl (C=O) groups is 1. The van der Waals surface area contributed by atoms with Crippen LogP contribution in [0.4, 0.5) is 8.78 Å².